The maximum Gasteiger partial charge on any atom is 0.0755 e. The first-order chi connectivity index (χ1) is 11.7. The number of thioether (sulfide) groups is 1. The second-order valence-corrected chi connectivity index (χ2v) is 7.79. The highest BCUT2D eigenvalue weighted by Gasteiger charge is 2.22. The number of hydrogen-bond donors (Lipinski definition) is 0. The summed E-state index contributed by atoms with van der Waals surface area (Å²) in [6.07, 6.45) is 0. The lowest BCUT2D eigenvalue weighted by molar-refractivity contribution is 0.829. The highest BCUT2D eigenvalue weighted by atomic mass is 35.5. The van der Waals surface area contributed by atoms with Gasteiger partial charge in [0.25, 0.3) is 0 Å². The molecular formula is C19H20Cl2N2S. The van der Waals surface area contributed by atoms with E-state index >= 15 is 0 Å². The van der Waals surface area contributed by atoms with Crippen molar-refractivity contribution < 1.29 is 0 Å². The first-order valence-corrected chi connectivity index (χ1v) is 10.0. The van der Waals surface area contributed by atoms with Crippen LogP contribution in [0, 0.1) is 0 Å². The van der Waals surface area contributed by atoms with Crippen LogP contribution in [0.25, 0.3) is 0 Å². The molecule has 3 rings (SSSR count). The summed E-state index contributed by atoms with van der Waals surface area (Å²) in [4.78, 5) is 7.24. The van der Waals surface area contributed by atoms with Crippen LogP contribution in [0.15, 0.2) is 47.5 Å². The molecule has 0 bridgehead atoms. The van der Waals surface area contributed by atoms with Gasteiger partial charge >= 0.3 is 0 Å². The van der Waals surface area contributed by atoms with Crippen molar-refractivity contribution in [2.75, 3.05) is 36.0 Å². The van der Waals surface area contributed by atoms with E-state index in [1.54, 1.807) is 0 Å². The molecule has 0 aliphatic carbocycles. The molecule has 1 aliphatic rings. The maximum absolute atomic E-state index is 6.58. The monoisotopic (exact) mass is 378 g/mol. The van der Waals surface area contributed by atoms with Crippen molar-refractivity contribution in [1.29, 1.82) is 0 Å². The molecule has 1 aliphatic heterocycles. The number of rotatable bonds is 5. The van der Waals surface area contributed by atoms with Crippen LogP contribution in [0.1, 0.15) is 18.1 Å². The molecule has 0 amide bonds. The van der Waals surface area contributed by atoms with Gasteiger partial charge in [-0.1, -0.05) is 48.3 Å². The van der Waals surface area contributed by atoms with Gasteiger partial charge in [-0.2, -0.15) is 11.8 Å². The van der Waals surface area contributed by atoms with Gasteiger partial charge < -0.3 is 4.90 Å². The number of hydrogen-bond acceptors (Lipinski definition) is 3. The Bertz CT molecular complexity index is 729. The van der Waals surface area contributed by atoms with Crippen molar-refractivity contribution in [2.24, 2.45) is 4.99 Å². The van der Waals surface area contributed by atoms with Crippen molar-refractivity contribution in [3.05, 3.63) is 63.6 Å². The van der Waals surface area contributed by atoms with E-state index in [0.29, 0.717) is 0 Å². The lowest BCUT2D eigenvalue weighted by Gasteiger charge is -2.25. The summed E-state index contributed by atoms with van der Waals surface area (Å²) in [6, 6.07) is 13.9. The van der Waals surface area contributed by atoms with Crippen LogP contribution in [0.3, 0.4) is 0 Å². The highest BCUT2D eigenvalue weighted by Crippen LogP contribution is 2.32. The molecule has 0 spiro atoms. The zero-order chi connectivity index (χ0) is 16.9. The van der Waals surface area contributed by atoms with Gasteiger partial charge in [0, 0.05) is 40.7 Å². The minimum absolute atomic E-state index is 0.727. The Labute approximate surface area is 157 Å². The van der Waals surface area contributed by atoms with Crippen LogP contribution < -0.4 is 4.90 Å². The predicted molar refractivity (Wildman–Crippen MR) is 109 cm³/mol. The van der Waals surface area contributed by atoms with Crippen LogP contribution in [-0.4, -0.2) is 36.9 Å². The zero-order valence-corrected chi connectivity index (χ0v) is 16.0. The van der Waals surface area contributed by atoms with Crippen molar-refractivity contribution >= 4 is 46.4 Å². The second kappa shape index (κ2) is 8.28. The lowest BCUT2D eigenvalue weighted by atomic mass is 10.00. The molecule has 0 N–H and O–H groups in total. The van der Waals surface area contributed by atoms with Crippen LogP contribution >= 0.6 is 35.0 Å². The standard InChI is InChI=1S/C19H20Cl2N2S/c1-2-24-13-12-23-11-10-22-19(14-6-8-15(20)9-7-14)18-16(21)4-3-5-17(18)23/h3-9H,2,10-13H2,1H3. The van der Waals surface area contributed by atoms with Gasteiger partial charge in [-0.3, -0.25) is 4.99 Å². The Morgan fingerprint density at radius 1 is 1.12 bits per heavy atom. The molecule has 126 valence electrons. The van der Waals surface area contributed by atoms with E-state index in [9.17, 15) is 0 Å². The van der Waals surface area contributed by atoms with Gasteiger partial charge in [0.05, 0.1) is 17.3 Å². The third kappa shape index (κ3) is 3.90. The van der Waals surface area contributed by atoms with Crippen molar-refractivity contribution in [1.82, 2.24) is 0 Å². The van der Waals surface area contributed by atoms with Crippen molar-refractivity contribution in [3.63, 3.8) is 0 Å². The molecule has 0 fully saturated rings. The molecular weight excluding hydrogens is 359 g/mol. The Morgan fingerprint density at radius 3 is 2.67 bits per heavy atom. The number of anilines is 1. The molecule has 2 aromatic rings. The third-order valence-corrected chi connectivity index (χ3v) is 5.48. The predicted octanol–water partition coefficient (Wildman–Crippen LogP) is 5.40. The summed E-state index contributed by atoms with van der Waals surface area (Å²) in [5, 5.41) is 1.47. The van der Waals surface area contributed by atoms with Crippen LogP contribution in [0.2, 0.25) is 10.0 Å². The smallest absolute Gasteiger partial charge is 0.0755 e. The second-order valence-electron chi connectivity index (χ2n) is 5.56. The molecule has 2 aromatic carbocycles. The fourth-order valence-electron chi connectivity index (χ4n) is 2.89. The fourth-order valence-corrected chi connectivity index (χ4v) is 3.91. The SMILES string of the molecule is CCSCCN1CCN=C(c2ccc(Cl)cc2)c2c(Cl)cccc21. The average molecular weight is 379 g/mol. The number of benzodiazepines with no additional fused rings is 1. The van der Waals surface area contributed by atoms with E-state index in [-0.39, 0.29) is 0 Å². The number of halogens is 2. The van der Waals surface area contributed by atoms with Gasteiger partial charge in [0.2, 0.25) is 0 Å². The Kier molecular flexibility index (Phi) is 6.09. The Hall–Kier alpha value is -1.16. The number of fused-ring (bicyclic) bond motifs is 1. The van der Waals surface area contributed by atoms with Crippen LogP contribution in [0.5, 0.6) is 0 Å². The topological polar surface area (TPSA) is 15.6 Å². The molecule has 5 heteroatoms. The summed E-state index contributed by atoms with van der Waals surface area (Å²) in [6.45, 7) is 4.88. The Morgan fingerprint density at radius 2 is 1.92 bits per heavy atom. The molecule has 0 saturated heterocycles. The molecule has 0 radical (unpaired) electrons. The van der Waals surface area contributed by atoms with E-state index in [1.165, 1.54) is 5.69 Å². The van der Waals surface area contributed by atoms with Crippen molar-refractivity contribution in [3.8, 4) is 0 Å². The lowest BCUT2D eigenvalue weighted by Crippen LogP contribution is -2.28. The molecule has 24 heavy (non-hydrogen) atoms. The third-order valence-electron chi connectivity index (χ3n) is 4.04. The van der Waals surface area contributed by atoms with Gasteiger partial charge in [-0.25, -0.2) is 0 Å². The Balaban J connectivity index is 2.00. The van der Waals surface area contributed by atoms with Crippen LogP contribution in [-0.2, 0) is 0 Å². The first-order valence-electron chi connectivity index (χ1n) is 8.12. The van der Waals surface area contributed by atoms with Gasteiger partial charge in [-0.15, -0.1) is 0 Å². The summed E-state index contributed by atoms with van der Waals surface area (Å²) < 4.78 is 0. The van der Waals surface area contributed by atoms with E-state index in [2.05, 4.69) is 17.9 Å². The minimum Gasteiger partial charge on any atom is -0.368 e. The quantitative estimate of drug-likeness (QED) is 0.646. The molecule has 2 nitrogen and oxygen atoms in total. The number of aliphatic imine (C=N–C) groups is 1. The van der Waals surface area contributed by atoms with Gasteiger partial charge in [0.15, 0.2) is 0 Å². The molecule has 0 aromatic heterocycles. The van der Waals surface area contributed by atoms with Crippen molar-refractivity contribution in [2.45, 2.75) is 6.92 Å². The molecule has 0 saturated carbocycles. The summed E-state index contributed by atoms with van der Waals surface area (Å²) in [5.74, 6) is 2.25. The summed E-state index contributed by atoms with van der Waals surface area (Å²) in [7, 11) is 0. The highest BCUT2D eigenvalue weighted by molar-refractivity contribution is 7.99. The molecule has 0 atom stereocenters. The van der Waals surface area contributed by atoms with E-state index in [4.69, 9.17) is 28.2 Å². The number of benzene rings is 2. The van der Waals surface area contributed by atoms with Gasteiger partial charge in [0.1, 0.15) is 0 Å². The fraction of sp³-hybridized carbons (Fsp3) is 0.316. The molecule has 1 heterocycles. The van der Waals surface area contributed by atoms with E-state index in [0.717, 1.165) is 58.0 Å². The summed E-state index contributed by atoms with van der Waals surface area (Å²) >= 11 is 14.6. The van der Waals surface area contributed by atoms with Gasteiger partial charge in [-0.05, 0) is 30.0 Å². The van der Waals surface area contributed by atoms with Crippen LogP contribution in [0.4, 0.5) is 5.69 Å². The molecule has 0 unspecified atom stereocenters. The summed E-state index contributed by atoms with van der Waals surface area (Å²) in [5.41, 5.74) is 4.21. The van der Waals surface area contributed by atoms with E-state index < -0.39 is 0 Å². The van der Waals surface area contributed by atoms with E-state index in [1.807, 2.05) is 48.2 Å². The largest absolute Gasteiger partial charge is 0.368 e. The average Bonchev–Trinajstić information content (AvgIpc) is 2.77. The minimum atomic E-state index is 0.727. The normalized spacial score (nSPS) is 14.1. The zero-order valence-electron chi connectivity index (χ0n) is 13.6. The maximum atomic E-state index is 6.58. The first kappa shape index (κ1) is 17.7. The number of nitrogens with zero attached hydrogens (tertiary/aromatic N) is 2.